The Bertz CT molecular complexity index is 463. The van der Waals surface area contributed by atoms with Crippen molar-refractivity contribution in [1.82, 2.24) is 5.32 Å². The van der Waals surface area contributed by atoms with Crippen LogP contribution in [-0.4, -0.2) is 38.6 Å². The number of para-hydroxylation sites is 1. The van der Waals surface area contributed by atoms with Crippen molar-refractivity contribution in [2.45, 2.75) is 18.9 Å². The molecule has 2 amide bonds. The van der Waals surface area contributed by atoms with Gasteiger partial charge < -0.3 is 21.1 Å². The first-order valence-corrected chi connectivity index (χ1v) is 6.42. The van der Waals surface area contributed by atoms with E-state index in [9.17, 15) is 9.59 Å². The van der Waals surface area contributed by atoms with Crippen LogP contribution in [0.4, 0.5) is 5.69 Å². The average molecular weight is 279 g/mol. The first kappa shape index (κ1) is 16.1. The molecule has 0 bridgehead atoms. The molecular formula is C14H21N3O3. The summed E-state index contributed by atoms with van der Waals surface area (Å²) in [4.78, 5) is 23.4. The fourth-order valence-electron chi connectivity index (χ4n) is 1.66. The topological polar surface area (TPSA) is 93.5 Å². The van der Waals surface area contributed by atoms with Gasteiger partial charge in [-0.05, 0) is 18.1 Å². The fourth-order valence-corrected chi connectivity index (χ4v) is 1.66. The first-order valence-electron chi connectivity index (χ1n) is 6.42. The zero-order valence-electron chi connectivity index (χ0n) is 11.8. The molecule has 0 spiro atoms. The van der Waals surface area contributed by atoms with Crippen LogP contribution in [0.5, 0.6) is 0 Å². The van der Waals surface area contributed by atoms with Gasteiger partial charge >= 0.3 is 0 Å². The fraction of sp³-hybridized carbons (Fsp3) is 0.429. The molecule has 1 aromatic rings. The van der Waals surface area contributed by atoms with Crippen LogP contribution in [0, 0.1) is 0 Å². The van der Waals surface area contributed by atoms with Crippen molar-refractivity contribution in [3.63, 3.8) is 0 Å². The molecule has 0 heterocycles. The van der Waals surface area contributed by atoms with Crippen molar-refractivity contribution in [2.24, 2.45) is 5.73 Å². The lowest BCUT2D eigenvalue weighted by Crippen LogP contribution is -2.36. The minimum Gasteiger partial charge on any atom is -0.385 e. The Hall–Kier alpha value is -1.92. The number of ether oxygens (including phenoxy) is 1. The zero-order chi connectivity index (χ0) is 15.0. The molecule has 1 aromatic carbocycles. The number of hydrogen-bond donors (Lipinski definition) is 3. The van der Waals surface area contributed by atoms with Crippen molar-refractivity contribution >= 4 is 17.5 Å². The number of hydrogen-bond acceptors (Lipinski definition) is 4. The van der Waals surface area contributed by atoms with E-state index in [-0.39, 0.29) is 18.2 Å². The van der Waals surface area contributed by atoms with E-state index in [2.05, 4.69) is 10.6 Å². The van der Waals surface area contributed by atoms with Crippen molar-refractivity contribution < 1.29 is 14.3 Å². The Kier molecular flexibility index (Phi) is 6.69. The maximum Gasteiger partial charge on any atom is 0.241 e. The molecule has 0 aliphatic carbocycles. The Morgan fingerprint density at radius 3 is 2.70 bits per heavy atom. The number of rotatable bonds is 7. The second-order valence-electron chi connectivity index (χ2n) is 4.38. The zero-order valence-corrected chi connectivity index (χ0v) is 11.8. The van der Waals surface area contributed by atoms with Crippen molar-refractivity contribution in [2.75, 3.05) is 26.1 Å². The minimum atomic E-state index is -0.636. The van der Waals surface area contributed by atoms with Gasteiger partial charge in [0.2, 0.25) is 11.8 Å². The molecule has 0 fully saturated rings. The molecule has 0 saturated carbocycles. The van der Waals surface area contributed by atoms with E-state index in [1.807, 2.05) is 6.07 Å². The third kappa shape index (κ3) is 4.99. The van der Waals surface area contributed by atoms with Gasteiger partial charge in [0.25, 0.3) is 0 Å². The monoisotopic (exact) mass is 279 g/mol. The summed E-state index contributed by atoms with van der Waals surface area (Å²) in [5.74, 6) is -0.401. The van der Waals surface area contributed by atoms with Gasteiger partial charge in [-0.15, -0.1) is 0 Å². The van der Waals surface area contributed by atoms with Gasteiger partial charge in [0, 0.05) is 26.5 Å². The van der Waals surface area contributed by atoms with Crippen LogP contribution in [-0.2, 0) is 20.7 Å². The highest BCUT2D eigenvalue weighted by molar-refractivity contribution is 5.96. The van der Waals surface area contributed by atoms with Gasteiger partial charge in [-0.2, -0.15) is 0 Å². The smallest absolute Gasteiger partial charge is 0.241 e. The lowest BCUT2D eigenvalue weighted by atomic mass is 10.1. The first-order chi connectivity index (χ1) is 9.58. The molecule has 0 saturated heterocycles. The van der Waals surface area contributed by atoms with Crippen LogP contribution >= 0.6 is 0 Å². The highest BCUT2D eigenvalue weighted by Crippen LogP contribution is 2.16. The molecule has 1 rings (SSSR count). The number of carbonyl (C=O) groups excluding carboxylic acids is 2. The highest BCUT2D eigenvalue weighted by Gasteiger charge is 2.15. The van der Waals surface area contributed by atoms with Crippen LogP contribution in [0.25, 0.3) is 0 Å². The van der Waals surface area contributed by atoms with Gasteiger partial charge in [0.15, 0.2) is 0 Å². The number of nitrogens with two attached hydrogens (primary N) is 1. The third-order valence-electron chi connectivity index (χ3n) is 2.87. The van der Waals surface area contributed by atoms with Gasteiger partial charge in [0.05, 0.1) is 12.5 Å². The summed E-state index contributed by atoms with van der Waals surface area (Å²) in [6.07, 6.45) is 0.653. The number of benzene rings is 1. The van der Waals surface area contributed by atoms with Crippen LogP contribution in [0.15, 0.2) is 24.3 Å². The Morgan fingerprint density at radius 2 is 2.05 bits per heavy atom. The Morgan fingerprint density at radius 1 is 1.35 bits per heavy atom. The molecule has 0 radical (unpaired) electrons. The average Bonchev–Trinajstić information content (AvgIpc) is 2.46. The number of likely N-dealkylation sites (N-methyl/N-ethyl adjacent to an activating group) is 1. The van der Waals surface area contributed by atoms with Gasteiger partial charge in [-0.3, -0.25) is 9.59 Å². The summed E-state index contributed by atoms with van der Waals surface area (Å²) < 4.78 is 4.89. The predicted molar refractivity (Wildman–Crippen MR) is 77.3 cm³/mol. The van der Waals surface area contributed by atoms with E-state index >= 15 is 0 Å². The SMILES string of the molecule is CNC(=O)Cc1ccccc1NC(=O)C(N)CCOC. The molecule has 1 unspecified atom stereocenters. The summed E-state index contributed by atoms with van der Waals surface area (Å²) in [6, 6.07) is 6.52. The lowest BCUT2D eigenvalue weighted by molar-refractivity contribution is -0.120. The summed E-state index contributed by atoms with van der Waals surface area (Å²) in [5, 5.41) is 5.30. The number of amides is 2. The molecule has 6 nitrogen and oxygen atoms in total. The maximum atomic E-state index is 11.9. The molecule has 0 aromatic heterocycles. The van der Waals surface area contributed by atoms with Crippen LogP contribution in [0.1, 0.15) is 12.0 Å². The largest absolute Gasteiger partial charge is 0.385 e. The highest BCUT2D eigenvalue weighted by atomic mass is 16.5. The van der Waals surface area contributed by atoms with Crippen LogP contribution in [0.2, 0.25) is 0 Å². The maximum absolute atomic E-state index is 11.9. The number of methoxy groups -OCH3 is 1. The second kappa shape index (κ2) is 8.29. The van der Waals surface area contributed by atoms with E-state index in [1.54, 1.807) is 32.4 Å². The Labute approximate surface area is 118 Å². The molecule has 4 N–H and O–H groups in total. The van der Waals surface area contributed by atoms with Gasteiger partial charge in [-0.25, -0.2) is 0 Å². The van der Waals surface area contributed by atoms with Crippen LogP contribution in [0.3, 0.4) is 0 Å². The summed E-state index contributed by atoms with van der Waals surface area (Å²) in [7, 11) is 3.13. The molecule has 1 atom stereocenters. The summed E-state index contributed by atoms with van der Waals surface area (Å²) >= 11 is 0. The van der Waals surface area contributed by atoms with Crippen molar-refractivity contribution in [1.29, 1.82) is 0 Å². The van der Waals surface area contributed by atoms with Gasteiger partial charge in [-0.1, -0.05) is 18.2 Å². The summed E-state index contributed by atoms with van der Waals surface area (Å²) in [5.41, 5.74) is 7.11. The minimum absolute atomic E-state index is 0.115. The number of carbonyl (C=O) groups is 2. The molecule has 6 heteroatoms. The molecule has 0 aliphatic rings. The van der Waals surface area contributed by atoms with Crippen molar-refractivity contribution in [3.8, 4) is 0 Å². The van der Waals surface area contributed by atoms with E-state index in [0.29, 0.717) is 18.7 Å². The van der Waals surface area contributed by atoms with E-state index in [4.69, 9.17) is 10.5 Å². The van der Waals surface area contributed by atoms with E-state index < -0.39 is 6.04 Å². The second-order valence-corrected chi connectivity index (χ2v) is 4.38. The quantitative estimate of drug-likeness (QED) is 0.668. The molecule has 20 heavy (non-hydrogen) atoms. The van der Waals surface area contributed by atoms with Crippen LogP contribution < -0.4 is 16.4 Å². The van der Waals surface area contributed by atoms with Crippen molar-refractivity contribution in [3.05, 3.63) is 29.8 Å². The molecular weight excluding hydrogens is 258 g/mol. The normalized spacial score (nSPS) is 11.8. The lowest BCUT2D eigenvalue weighted by Gasteiger charge is -2.14. The summed E-state index contributed by atoms with van der Waals surface area (Å²) in [6.45, 7) is 0.425. The third-order valence-corrected chi connectivity index (χ3v) is 2.87. The molecule has 110 valence electrons. The predicted octanol–water partition coefficient (Wildman–Crippen LogP) is 0.277. The van der Waals surface area contributed by atoms with Gasteiger partial charge in [0.1, 0.15) is 0 Å². The standard InChI is InChI=1S/C14H21N3O3/c1-16-13(18)9-10-5-3-4-6-12(10)17-14(19)11(15)7-8-20-2/h3-6,11H,7-9,15H2,1-2H3,(H,16,18)(H,17,19). The Balaban J connectivity index is 2.71. The van der Waals surface area contributed by atoms with E-state index in [0.717, 1.165) is 5.56 Å². The molecule has 0 aliphatic heterocycles. The number of anilines is 1. The van der Waals surface area contributed by atoms with E-state index in [1.165, 1.54) is 0 Å². The number of nitrogens with one attached hydrogen (secondary N) is 2.